The average Bonchev–Trinajstić information content (AvgIpc) is 3.37. The van der Waals surface area contributed by atoms with Crippen LogP contribution in [0.5, 0.6) is 5.75 Å². The van der Waals surface area contributed by atoms with Gasteiger partial charge in [-0.2, -0.15) is 10.1 Å². The topological polar surface area (TPSA) is 97.7 Å². The number of amides is 1. The highest BCUT2D eigenvalue weighted by atomic mass is 16.5. The Hall–Kier alpha value is -3.94. The zero-order valence-electron chi connectivity index (χ0n) is 18.4. The summed E-state index contributed by atoms with van der Waals surface area (Å²) in [6.45, 7) is 3.89. The first kappa shape index (κ1) is 21.3. The van der Waals surface area contributed by atoms with Gasteiger partial charge in [0.05, 0.1) is 24.9 Å². The minimum atomic E-state index is -0.176. The van der Waals surface area contributed by atoms with Crippen molar-refractivity contribution < 1.29 is 9.53 Å². The van der Waals surface area contributed by atoms with Crippen molar-refractivity contribution in [3.8, 4) is 11.4 Å². The Morgan fingerprint density at radius 1 is 1.06 bits per heavy atom. The molecule has 1 amide bonds. The molecule has 32 heavy (non-hydrogen) atoms. The zero-order chi connectivity index (χ0) is 22.5. The lowest BCUT2D eigenvalue weighted by Crippen LogP contribution is -2.16. The summed E-state index contributed by atoms with van der Waals surface area (Å²) in [5, 5.41) is 14.4. The van der Waals surface area contributed by atoms with Crippen molar-refractivity contribution in [3.05, 3.63) is 82.9 Å². The first-order valence-electron chi connectivity index (χ1n) is 10.5. The van der Waals surface area contributed by atoms with Crippen LogP contribution in [0.4, 0.5) is 5.95 Å². The molecule has 0 spiro atoms. The monoisotopic (exact) mass is 430 g/mol. The maximum absolute atomic E-state index is 12.6. The number of aromatic nitrogens is 5. The maximum atomic E-state index is 12.6. The number of para-hydroxylation sites is 1. The number of H-pyrrole nitrogens is 1. The first-order valence-corrected chi connectivity index (χ1v) is 10.5. The second kappa shape index (κ2) is 9.47. The normalized spacial score (nSPS) is 10.8. The number of carbonyl (C=O) groups excluding carboxylic acids is 1. The third-order valence-electron chi connectivity index (χ3n) is 5.37. The van der Waals surface area contributed by atoms with Crippen LogP contribution in [0, 0.1) is 13.8 Å². The third kappa shape index (κ3) is 4.85. The maximum Gasteiger partial charge on any atom is 0.248 e. The van der Waals surface area contributed by atoms with E-state index >= 15 is 0 Å². The van der Waals surface area contributed by atoms with Crippen molar-refractivity contribution in [3.63, 3.8) is 0 Å². The smallest absolute Gasteiger partial charge is 0.248 e. The van der Waals surface area contributed by atoms with Gasteiger partial charge in [0, 0.05) is 17.7 Å². The molecule has 2 aromatic heterocycles. The van der Waals surface area contributed by atoms with Crippen molar-refractivity contribution >= 4 is 11.9 Å². The number of hydrogen-bond acceptors (Lipinski definition) is 5. The van der Waals surface area contributed by atoms with Crippen LogP contribution in [0.3, 0.4) is 0 Å². The summed E-state index contributed by atoms with van der Waals surface area (Å²) in [7, 11) is 1.65. The molecule has 2 heterocycles. The first-order chi connectivity index (χ1) is 15.5. The van der Waals surface area contributed by atoms with E-state index in [2.05, 4.69) is 25.6 Å². The van der Waals surface area contributed by atoms with Crippen LogP contribution in [0.25, 0.3) is 5.69 Å². The number of carbonyl (C=O) groups is 1. The summed E-state index contributed by atoms with van der Waals surface area (Å²) in [6.07, 6.45) is 1.71. The molecule has 0 fully saturated rings. The predicted molar refractivity (Wildman–Crippen MR) is 122 cm³/mol. The van der Waals surface area contributed by atoms with Gasteiger partial charge in [0.1, 0.15) is 11.6 Å². The molecule has 0 radical (unpaired) electrons. The lowest BCUT2D eigenvalue weighted by molar-refractivity contribution is -0.115. The molecular formula is C24H26N6O2. The molecule has 0 aliphatic rings. The molecule has 8 heteroatoms. The average molecular weight is 431 g/mol. The van der Waals surface area contributed by atoms with Gasteiger partial charge in [0.2, 0.25) is 11.9 Å². The Bertz CT molecular complexity index is 1200. The van der Waals surface area contributed by atoms with E-state index in [-0.39, 0.29) is 18.3 Å². The van der Waals surface area contributed by atoms with Crippen LogP contribution in [-0.4, -0.2) is 38.0 Å². The number of nitrogens with one attached hydrogen (secondary N) is 2. The molecule has 0 aliphatic carbocycles. The molecule has 0 saturated heterocycles. The molecule has 0 aliphatic heterocycles. The number of ether oxygens (including phenoxy) is 1. The summed E-state index contributed by atoms with van der Waals surface area (Å²) >= 11 is 0. The number of rotatable bonds is 8. The molecule has 2 N–H and O–H groups in total. The lowest BCUT2D eigenvalue weighted by atomic mass is 10.1. The van der Waals surface area contributed by atoms with Gasteiger partial charge in [0.15, 0.2) is 0 Å². The van der Waals surface area contributed by atoms with Crippen LogP contribution in [-0.2, 0) is 24.1 Å². The van der Waals surface area contributed by atoms with Crippen LogP contribution >= 0.6 is 0 Å². The van der Waals surface area contributed by atoms with Crippen molar-refractivity contribution in [2.45, 2.75) is 33.1 Å². The number of methoxy groups -OCH3 is 1. The highest BCUT2D eigenvalue weighted by Crippen LogP contribution is 2.19. The van der Waals surface area contributed by atoms with E-state index in [1.54, 1.807) is 7.11 Å². The number of aromatic amines is 1. The number of nitrogens with zero attached hydrogens (tertiary/aromatic N) is 4. The minimum Gasteiger partial charge on any atom is -0.497 e. The number of anilines is 1. The van der Waals surface area contributed by atoms with Crippen LogP contribution in [0.15, 0.2) is 54.6 Å². The summed E-state index contributed by atoms with van der Waals surface area (Å²) in [5.41, 5.74) is 4.82. The fourth-order valence-electron chi connectivity index (χ4n) is 3.60. The van der Waals surface area contributed by atoms with E-state index < -0.39 is 0 Å². The van der Waals surface area contributed by atoms with Crippen molar-refractivity contribution in [1.82, 2.24) is 25.0 Å². The Morgan fingerprint density at radius 2 is 1.81 bits per heavy atom. The van der Waals surface area contributed by atoms with Crippen molar-refractivity contribution in [2.75, 3.05) is 12.4 Å². The fourth-order valence-corrected chi connectivity index (χ4v) is 3.60. The van der Waals surface area contributed by atoms with Crippen LogP contribution in [0.2, 0.25) is 0 Å². The van der Waals surface area contributed by atoms with E-state index in [9.17, 15) is 4.79 Å². The third-order valence-corrected chi connectivity index (χ3v) is 5.37. The standard InChI is InChI=1S/C24H26N6O2/c1-16-21(17(2)30(29-16)19-7-5-4-6-8-19)15-23(31)26-24-25-22(27-28-24)14-11-18-9-12-20(32-3)13-10-18/h4-10,12-13H,11,14-15H2,1-3H3,(H2,25,26,27,28,31). The van der Waals surface area contributed by atoms with Crippen molar-refractivity contribution in [1.29, 1.82) is 0 Å². The second-order valence-corrected chi connectivity index (χ2v) is 7.58. The molecule has 164 valence electrons. The molecule has 4 aromatic rings. The molecule has 2 aromatic carbocycles. The highest BCUT2D eigenvalue weighted by Gasteiger charge is 2.17. The van der Waals surface area contributed by atoms with Crippen LogP contribution in [0.1, 0.15) is 28.3 Å². The molecule has 4 rings (SSSR count). The molecule has 0 bridgehead atoms. The second-order valence-electron chi connectivity index (χ2n) is 7.58. The van der Waals surface area contributed by atoms with Gasteiger partial charge in [-0.05, 0) is 50.1 Å². The summed E-state index contributed by atoms with van der Waals surface area (Å²) in [4.78, 5) is 17.0. The zero-order valence-corrected chi connectivity index (χ0v) is 18.4. The van der Waals surface area contributed by atoms with Gasteiger partial charge in [-0.15, -0.1) is 5.10 Å². The predicted octanol–water partition coefficient (Wildman–Crippen LogP) is 3.58. The highest BCUT2D eigenvalue weighted by molar-refractivity contribution is 5.90. The Kier molecular flexibility index (Phi) is 6.30. The SMILES string of the molecule is COc1ccc(CCc2nc(NC(=O)Cc3c(C)nn(-c4ccccc4)c3C)n[nH]2)cc1. The van der Waals surface area contributed by atoms with Gasteiger partial charge in [0.25, 0.3) is 0 Å². The molecular weight excluding hydrogens is 404 g/mol. The lowest BCUT2D eigenvalue weighted by Gasteiger charge is -2.05. The summed E-state index contributed by atoms with van der Waals surface area (Å²) in [5.74, 6) is 1.66. The number of aryl methyl sites for hydroxylation is 3. The molecule has 0 atom stereocenters. The largest absolute Gasteiger partial charge is 0.497 e. The van der Waals surface area contributed by atoms with E-state index in [1.807, 2.05) is 73.1 Å². The number of hydrogen-bond donors (Lipinski definition) is 2. The quantitative estimate of drug-likeness (QED) is 0.445. The number of benzene rings is 2. The summed E-state index contributed by atoms with van der Waals surface area (Å²) < 4.78 is 7.04. The van der Waals surface area contributed by atoms with E-state index in [1.165, 1.54) is 5.56 Å². The summed E-state index contributed by atoms with van der Waals surface area (Å²) in [6, 6.07) is 17.8. The van der Waals surface area contributed by atoms with Gasteiger partial charge in [-0.25, -0.2) is 4.68 Å². The van der Waals surface area contributed by atoms with Gasteiger partial charge < -0.3 is 4.74 Å². The Labute approximate surface area is 186 Å². The minimum absolute atomic E-state index is 0.176. The van der Waals surface area contributed by atoms with Gasteiger partial charge in [-0.3, -0.25) is 15.2 Å². The van der Waals surface area contributed by atoms with Crippen molar-refractivity contribution in [2.24, 2.45) is 0 Å². The van der Waals surface area contributed by atoms with E-state index in [4.69, 9.17) is 4.74 Å². The molecule has 0 unspecified atom stereocenters. The van der Waals surface area contributed by atoms with Gasteiger partial charge in [-0.1, -0.05) is 30.3 Å². The van der Waals surface area contributed by atoms with E-state index in [0.29, 0.717) is 6.42 Å². The molecule has 8 nitrogen and oxygen atoms in total. The van der Waals surface area contributed by atoms with Gasteiger partial charge >= 0.3 is 0 Å². The fraction of sp³-hybridized carbons (Fsp3) is 0.250. The molecule has 0 saturated carbocycles. The Morgan fingerprint density at radius 3 is 2.53 bits per heavy atom. The Balaban J connectivity index is 1.36. The van der Waals surface area contributed by atoms with Crippen LogP contribution < -0.4 is 10.1 Å². The van der Waals surface area contributed by atoms with E-state index in [0.717, 1.165) is 40.6 Å².